The van der Waals surface area contributed by atoms with Crippen LogP contribution in [0.15, 0.2) is 29.2 Å². The Kier molecular flexibility index (Phi) is 6.15. The molecule has 2 heterocycles. The maximum absolute atomic E-state index is 12.5. The normalized spacial score (nSPS) is 15.5. The van der Waals surface area contributed by atoms with Crippen molar-refractivity contribution in [3.8, 4) is 17.0 Å². The Morgan fingerprint density at radius 1 is 1.23 bits per heavy atom. The van der Waals surface area contributed by atoms with E-state index in [0.29, 0.717) is 29.7 Å². The van der Waals surface area contributed by atoms with Crippen LogP contribution in [-0.2, 0) is 4.74 Å². The molecule has 7 nitrogen and oxygen atoms in total. The molecule has 0 bridgehead atoms. The fraction of sp³-hybridized carbons (Fsp3) is 0.455. The van der Waals surface area contributed by atoms with Crippen molar-refractivity contribution in [2.45, 2.75) is 45.7 Å². The Balaban J connectivity index is 2.18. The molecular formula is C22H27ClN2O5. The van der Waals surface area contributed by atoms with Crippen molar-refractivity contribution in [3.63, 3.8) is 0 Å². The second-order valence-electron chi connectivity index (χ2n) is 8.34. The molecule has 0 amide bonds. The van der Waals surface area contributed by atoms with E-state index in [9.17, 15) is 14.7 Å². The van der Waals surface area contributed by atoms with Gasteiger partial charge in [-0.3, -0.25) is 9.47 Å². The highest BCUT2D eigenvalue weighted by Crippen LogP contribution is 2.43. The van der Waals surface area contributed by atoms with Gasteiger partial charge < -0.3 is 19.6 Å². The predicted molar refractivity (Wildman–Crippen MR) is 116 cm³/mol. The number of aromatic carboxylic acids is 1. The summed E-state index contributed by atoms with van der Waals surface area (Å²) < 4.78 is 12.7. The van der Waals surface area contributed by atoms with Crippen molar-refractivity contribution in [1.82, 2.24) is 4.68 Å². The number of ether oxygens (including phenoxy) is 2. The first-order chi connectivity index (χ1) is 14.1. The lowest BCUT2D eigenvalue weighted by Crippen LogP contribution is -2.53. The molecule has 1 atom stereocenters. The van der Waals surface area contributed by atoms with E-state index in [4.69, 9.17) is 21.1 Å². The highest BCUT2D eigenvalue weighted by molar-refractivity contribution is 6.32. The number of carboxylic acid groups (broad SMARTS) is 1. The molecule has 1 aliphatic rings. The summed E-state index contributed by atoms with van der Waals surface area (Å²) in [4.78, 5) is 24.0. The second kappa shape index (κ2) is 8.32. The van der Waals surface area contributed by atoms with Crippen molar-refractivity contribution >= 4 is 17.6 Å². The lowest BCUT2D eigenvalue weighted by Gasteiger charge is -2.48. The Morgan fingerprint density at radius 3 is 2.53 bits per heavy atom. The fourth-order valence-electron chi connectivity index (χ4n) is 3.92. The molecular weight excluding hydrogens is 408 g/mol. The van der Waals surface area contributed by atoms with Crippen LogP contribution in [-0.4, -0.2) is 41.6 Å². The number of hydrogen-bond acceptors (Lipinski definition) is 5. The van der Waals surface area contributed by atoms with Crippen LogP contribution in [0.25, 0.3) is 11.3 Å². The molecule has 0 aliphatic carbocycles. The number of nitrogens with zero attached hydrogens (tertiary/aromatic N) is 2. The molecule has 1 aromatic carbocycles. The van der Waals surface area contributed by atoms with Crippen LogP contribution < -0.4 is 15.2 Å². The standard InChI is InChI=1S/C22H27ClN2O5/c1-13-14-10-20(30-8-6-7-29-5)17(23)9-15(14)18-11-19(26)16(21(27)28)12-24(18)25(13)22(2,3)4/h9-13H,6-8H2,1-5H3,(H,27,28)/t13-/m1/s1. The van der Waals surface area contributed by atoms with E-state index in [-0.39, 0.29) is 17.1 Å². The van der Waals surface area contributed by atoms with Crippen LogP contribution in [0.3, 0.4) is 0 Å². The van der Waals surface area contributed by atoms with E-state index in [0.717, 1.165) is 17.5 Å². The van der Waals surface area contributed by atoms with E-state index >= 15 is 0 Å². The van der Waals surface area contributed by atoms with Crippen molar-refractivity contribution in [3.05, 3.63) is 50.8 Å². The maximum Gasteiger partial charge on any atom is 0.341 e. The average Bonchev–Trinajstić information content (AvgIpc) is 2.65. The summed E-state index contributed by atoms with van der Waals surface area (Å²) in [5, 5.41) is 11.9. The Labute approximate surface area is 180 Å². The molecule has 1 N–H and O–H groups in total. The summed E-state index contributed by atoms with van der Waals surface area (Å²) in [5.41, 5.74) is 1.17. The van der Waals surface area contributed by atoms with E-state index < -0.39 is 11.4 Å². The van der Waals surface area contributed by atoms with E-state index in [2.05, 4.69) is 5.01 Å². The summed E-state index contributed by atoms with van der Waals surface area (Å²) in [5.74, 6) is -0.675. The molecule has 8 heteroatoms. The van der Waals surface area contributed by atoms with Crippen LogP contribution in [0, 0.1) is 0 Å². The number of fused-ring (bicyclic) bond motifs is 3. The molecule has 1 aliphatic heterocycles. The van der Waals surface area contributed by atoms with Crippen molar-refractivity contribution in [2.75, 3.05) is 25.3 Å². The van der Waals surface area contributed by atoms with Gasteiger partial charge in [-0.15, -0.1) is 0 Å². The number of halogens is 1. The predicted octanol–water partition coefficient (Wildman–Crippen LogP) is 4.09. The van der Waals surface area contributed by atoms with Gasteiger partial charge in [0.25, 0.3) is 0 Å². The molecule has 3 rings (SSSR count). The third-order valence-corrected chi connectivity index (χ3v) is 5.42. The van der Waals surface area contributed by atoms with Gasteiger partial charge in [0.2, 0.25) is 0 Å². The number of aromatic nitrogens is 1. The van der Waals surface area contributed by atoms with E-state index in [1.54, 1.807) is 17.9 Å². The first kappa shape index (κ1) is 22.2. The lowest BCUT2D eigenvalue weighted by atomic mass is 9.92. The van der Waals surface area contributed by atoms with E-state index in [1.165, 1.54) is 12.3 Å². The summed E-state index contributed by atoms with van der Waals surface area (Å²) in [6.07, 6.45) is 2.14. The van der Waals surface area contributed by atoms with Crippen molar-refractivity contribution < 1.29 is 19.4 Å². The Bertz CT molecular complexity index is 1030. The van der Waals surface area contributed by atoms with Crippen LogP contribution in [0.4, 0.5) is 0 Å². The van der Waals surface area contributed by atoms with Gasteiger partial charge in [0.15, 0.2) is 5.43 Å². The molecule has 0 spiro atoms. The minimum atomic E-state index is -1.25. The number of rotatable bonds is 6. The zero-order chi connectivity index (χ0) is 22.2. The summed E-state index contributed by atoms with van der Waals surface area (Å²) in [6.45, 7) is 9.22. The maximum atomic E-state index is 12.5. The van der Waals surface area contributed by atoms with Crippen LogP contribution >= 0.6 is 11.6 Å². The number of benzene rings is 1. The summed E-state index contributed by atoms with van der Waals surface area (Å²) in [6, 6.07) is 4.94. The van der Waals surface area contributed by atoms with Gasteiger partial charge in [-0.1, -0.05) is 11.6 Å². The SMILES string of the molecule is COCCCOc1cc2c(cc1Cl)-c1cc(=O)c(C(=O)O)cn1N(C(C)(C)C)[C@@H]2C. The van der Waals surface area contributed by atoms with Gasteiger partial charge in [-0.25, -0.2) is 4.79 Å². The molecule has 0 unspecified atom stereocenters. The molecule has 0 fully saturated rings. The number of methoxy groups -OCH3 is 1. The molecule has 30 heavy (non-hydrogen) atoms. The van der Waals surface area contributed by atoms with Gasteiger partial charge >= 0.3 is 5.97 Å². The van der Waals surface area contributed by atoms with Crippen LogP contribution in [0.2, 0.25) is 5.02 Å². The molecule has 0 saturated carbocycles. The molecule has 2 aromatic rings. The summed E-state index contributed by atoms with van der Waals surface area (Å²) >= 11 is 6.48. The minimum Gasteiger partial charge on any atom is -0.492 e. The fourth-order valence-corrected chi connectivity index (χ4v) is 4.14. The Morgan fingerprint density at radius 2 is 1.93 bits per heavy atom. The Hall–Kier alpha value is -2.51. The van der Waals surface area contributed by atoms with Gasteiger partial charge in [0, 0.05) is 43.5 Å². The second-order valence-corrected chi connectivity index (χ2v) is 8.75. The zero-order valence-corrected chi connectivity index (χ0v) is 18.6. The van der Waals surface area contributed by atoms with Gasteiger partial charge in [0.05, 0.1) is 23.4 Å². The van der Waals surface area contributed by atoms with Crippen molar-refractivity contribution in [2.24, 2.45) is 0 Å². The van der Waals surface area contributed by atoms with E-state index in [1.807, 2.05) is 33.8 Å². The minimum absolute atomic E-state index is 0.116. The third kappa shape index (κ3) is 4.04. The van der Waals surface area contributed by atoms with Gasteiger partial charge in [0.1, 0.15) is 11.3 Å². The molecule has 0 radical (unpaired) electrons. The van der Waals surface area contributed by atoms with Gasteiger partial charge in [-0.05, 0) is 45.4 Å². The number of hydrogen-bond donors (Lipinski definition) is 1. The number of pyridine rings is 1. The molecule has 0 saturated heterocycles. The number of carboxylic acids is 1. The average molecular weight is 435 g/mol. The zero-order valence-electron chi connectivity index (χ0n) is 17.9. The monoisotopic (exact) mass is 434 g/mol. The first-order valence-electron chi connectivity index (χ1n) is 9.81. The van der Waals surface area contributed by atoms with Crippen molar-refractivity contribution in [1.29, 1.82) is 0 Å². The van der Waals surface area contributed by atoms with Crippen LogP contribution in [0.1, 0.15) is 56.1 Å². The highest BCUT2D eigenvalue weighted by atomic mass is 35.5. The summed E-state index contributed by atoms with van der Waals surface area (Å²) in [7, 11) is 1.64. The quantitative estimate of drug-likeness (QED) is 0.689. The lowest BCUT2D eigenvalue weighted by molar-refractivity contribution is 0.0694. The molecule has 1 aromatic heterocycles. The smallest absolute Gasteiger partial charge is 0.341 e. The van der Waals surface area contributed by atoms with Gasteiger partial charge in [-0.2, -0.15) is 0 Å². The molecule has 162 valence electrons. The first-order valence-corrected chi connectivity index (χ1v) is 10.2. The largest absolute Gasteiger partial charge is 0.492 e. The number of carbonyl (C=O) groups is 1. The topological polar surface area (TPSA) is 81.0 Å². The van der Waals surface area contributed by atoms with Crippen LogP contribution in [0.5, 0.6) is 5.75 Å². The third-order valence-electron chi connectivity index (χ3n) is 5.13. The highest BCUT2D eigenvalue weighted by Gasteiger charge is 2.36.